The molecular weight excluding hydrogens is 271 g/mol. The monoisotopic (exact) mass is 280 g/mol. The molecule has 1 heterocycles. The molecule has 2 nitrogen and oxygen atoms in total. The summed E-state index contributed by atoms with van der Waals surface area (Å²) in [6, 6.07) is 6.92. The van der Waals surface area contributed by atoms with Gasteiger partial charge in [0.1, 0.15) is 5.82 Å². The number of hydrogen-bond acceptors (Lipinski definition) is 2. The van der Waals surface area contributed by atoms with Crippen molar-refractivity contribution in [1.82, 2.24) is 4.98 Å². The van der Waals surface area contributed by atoms with Crippen molar-refractivity contribution in [3.8, 4) is 0 Å². The van der Waals surface area contributed by atoms with Gasteiger partial charge in [0.05, 0.1) is 11.9 Å². The zero-order valence-electron chi connectivity index (χ0n) is 8.67. The van der Waals surface area contributed by atoms with Gasteiger partial charge in [-0.1, -0.05) is 6.07 Å². The van der Waals surface area contributed by atoms with Crippen LogP contribution in [0.1, 0.15) is 5.56 Å². The molecule has 0 unspecified atom stereocenters. The van der Waals surface area contributed by atoms with Crippen LogP contribution in [0.5, 0.6) is 0 Å². The highest BCUT2D eigenvalue weighted by Crippen LogP contribution is 2.20. The Bertz CT molecular complexity index is 514. The first kappa shape index (κ1) is 11.1. The number of hydrogen-bond donors (Lipinski definition) is 1. The van der Waals surface area contributed by atoms with Gasteiger partial charge in [0.25, 0.3) is 0 Å². The van der Waals surface area contributed by atoms with Crippen LogP contribution < -0.4 is 5.32 Å². The summed E-state index contributed by atoms with van der Waals surface area (Å²) < 4.78 is 14.2. The third kappa shape index (κ3) is 2.58. The maximum absolute atomic E-state index is 13.3. The van der Waals surface area contributed by atoms with Crippen LogP contribution in [-0.4, -0.2) is 4.98 Å². The van der Waals surface area contributed by atoms with Crippen molar-refractivity contribution in [2.24, 2.45) is 0 Å². The topological polar surface area (TPSA) is 24.9 Å². The summed E-state index contributed by atoms with van der Waals surface area (Å²) in [6.07, 6.45) is 3.38. The quantitative estimate of drug-likeness (QED) is 0.898. The van der Waals surface area contributed by atoms with Crippen LogP contribution in [0.15, 0.2) is 41.1 Å². The number of nitrogens with one attached hydrogen (secondary N) is 1. The molecule has 0 aliphatic carbocycles. The van der Waals surface area contributed by atoms with Crippen molar-refractivity contribution in [3.63, 3.8) is 0 Å². The number of benzene rings is 1. The van der Waals surface area contributed by atoms with Crippen LogP contribution in [0.2, 0.25) is 0 Å². The molecule has 0 saturated heterocycles. The van der Waals surface area contributed by atoms with E-state index in [2.05, 4.69) is 26.2 Å². The molecule has 1 N–H and O–H groups in total. The largest absolute Gasteiger partial charge is 0.354 e. The highest BCUT2D eigenvalue weighted by Gasteiger charge is 2.00. The van der Waals surface area contributed by atoms with Crippen molar-refractivity contribution in [1.29, 1.82) is 0 Å². The molecule has 2 rings (SSSR count). The van der Waals surface area contributed by atoms with Crippen LogP contribution in [0.3, 0.4) is 0 Å². The van der Waals surface area contributed by atoms with Gasteiger partial charge >= 0.3 is 0 Å². The van der Waals surface area contributed by atoms with E-state index < -0.39 is 0 Å². The number of rotatable bonds is 2. The Morgan fingerprint density at radius 2 is 2.00 bits per heavy atom. The Kier molecular flexibility index (Phi) is 3.19. The Morgan fingerprint density at radius 3 is 2.69 bits per heavy atom. The highest BCUT2D eigenvalue weighted by atomic mass is 79.9. The Labute approximate surface area is 102 Å². The van der Waals surface area contributed by atoms with Gasteiger partial charge in [-0.05, 0) is 46.6 Å². The molecule has 82 valence electrons. The minimum Gasteiger partial charge on any atom is -0.354 e. The first-order valence-electron chi connectivity index (χ1n) is 4.79. The summed E-state index contributed by atoms with van der Waals surface area (Å²) in [5, 5.41) is 3.08. The normalized spacial score (nSPS) is 10.2. The van der Waals surface area contributed by atoms with Crippen LogP contribution in [0.25, 0.3) is 0 Å². The Hall–Kier alpha value is -1.42. The average Bonchev–Trinajstić information content (AvgIpc) is 2.24. The number of nitrogens with zero attached hydrogens (tertiary/aromatic N) is 1. The SMILES string of the molecule is Cc1ccc(Nc2cncc(Br)c2)cc1F. The zero-order chi connectivity index (χ0) is 11.5. The molecule has 0 saturated carbocycles. The summed E-state index contributed by atoms with van der Waals surface area (Å²) in [5.74, 6) is -0.215. The highest BCUT2D eigenvalue weighted by molar-refractivity contribution is 9.10. The molecule has 0 aliphatic rings. The summed E-state index contributed by atoms with van der Waals surface area (Å²) >= 11 is 3.32. The van der Waals surface area contributed by atoms with Crippen LogP contribution in [0, 0.1) is 12.7 Å². The van der Waals surface area contributed by atoms with Crippen molar-refractivity contribution in [2.45, 2.75) is 6.92 Å². The Morgan fingerprint density at radius 1 is 1.19 bits per heavy atom. The van der Waals surface area contributed by atoms with Crippen molar-refractivity contribution < 1.29 is 4.39 Å². The lowest BCUT2D eigenvalue weighted by Crippen LogP contribution is -1.92. The molecule has 2 aromatic rings. The van der Waals surface area contributed by atoms with Crippen molar-refractivity contribution in [3.05, 3.63) is 52.5 Å². The second-order valence-corrected chi connectivity index (χ2v) is 4.40. The van der Waals surface area contributed by atoms with E-state index in [1.807, 2.05) is 12.1 Å². The smallest absolute Gasteiger partial charge is 0.128 e. The fourth-order valence-electron chi connectivity index (χ4n) is 1.32. The fraction of sp³-hybridized carbons (Fsp3) is 0.0833. The summed E-state index contributed by atoms with van der Waals surface area (Å²) in [6.45, 7) is 1.74. The minimum atomic E-state index is -0.215. The van der Waals surface area contributed by atoms with E-state index in [-0.39, 0.29) is 5.82 Å². The number of halogens is 2. The van der Waals surface area contributed by atoms with E-state index in [9.17, 15) is 4.39 Å². The van der Waals surface area contributed by atoms with E-state index in [1.165, 1.54) is 6.07 Å². The predicted molar refractivity (Wildman–Crippen MR) is 66.4 cm³/mol. The zero-order valence-corrected chi connectivity index (χ0v) is 10.3. The minimum absolute atomic E-state index is 0.215. The lowest BCUT2D eigenvalue weighted by molar-refractivity contribution is 0.619. The van der Waals surface area contributed by atoms with E-state index in [0.717, 1.165) is 10.2 Å². The van der Waals surface area contributed by atoms with E-state index >= 15 is 0 Å². The van der Waals surface area contributed by atoms with Gasteiger partial charge in [-0.25, -0.2) is 4.39 Å². The van der Waals surface area contributed by atoms with Gasteiger partial charge in [0.2, 0.25) is 0 Å². The average molecular weight is 281 g/mol. The molecule has 0 bridgehead atoms. The van der Waals surface area contributed by atoms with Gasteiger partial charge in [-0.3, -0.25) is 4.98 Å². The maximum Gasteiger partial charge on any atom is 0.128 e. The fourth-order valence-corrected chi connectivity index (χ4v) is 1.68. The second-order valence-electron chi connectivity index (χ2n) is 3.48. The molecule has 4 heteroatoms. The van der Waals surface area contributed by atoms with E-state index in [4.69, 9.17) is 0 Å². The predicted octanol–water partition coefficient (Wildman–Crippen LogP) is 4.04. The van der Waals surface area contributed by atoms with Crippen LogP contribution >= 0.6 is 15.9 Å². The first-order chi connectivity index (χ1) is 7.65. The molecule has 16 heavy (non-hydrogen) atoms. The van der Waals surface area contributed by atoms with Gasteiger partial charge in [-0.2, -0.15) is 0 Å². The molecule has 0 atom stereocenters. The van der Waals surface area contributed by atoms with Gasteiger partial charge in [-0.15, -0.1) is 0 Å². The maximum atomic E-state index is 13.3. The number of anilines is 2. The van der Waals surface area contributed by atoms with E-state index in [1.54, 1.807) is 25.4 Å². The van der Waals surface area contributed by atoms with Gasteiger partial charge in [0, 0.05) is 16.4 Å². The first-order valence-corrected chi connectivity index (χ1v) is 5.58. The van der Waals surface area contributed by atoms with Gasteiger partial charge < -0.3 is 5.32 Å². The summed E-state index contributed by atoms with van der Waals surface area (Å²) in [7, 11) is 0. The number of aromatic nitrogens is 1. The van der Waals surface area contributed by atoms with Crippen molar-refractivity contribution >= 4 is 27.3 Å². The molecule has 1 aromatic carbocycles. The Balaban J connectivity index is 2.24. The van der Waals surface area contributed by atoms with E-state index in [0.29, 0.717) is 11.3 Å². The molecule has 0 radical (unpaired) electrons. The van der Waals surface area contributed by atoms with Crippen LogP contribution in [0.4, 0.5) is 15.8 Å². The molecule has 0 aliphatic heterocycles. The lowest BCUT2D eigenvalue weighted by Gasteiger charge is -2.07. The lowest BCUT2D eigenvalue weighted by atomic mass is 10.2. The second kappa shape index (κ2) is 4.61. The van der Waals surface area contributed by atoms with Gasteiger partial charge in [0.15, 0.2) is 0 Å². The molecule has 1 aromatic heterocycles. The number of pyridine rings is 1. The number of aryl methyl sites for hydroxylation is 1. The summed E-state index contributed by atoms with van der Waals surface area (Å²) in [4.78, 5) is 4.02. The molecular formula is C12H10BrFN2. The standard InChI is InChI=1S/C12H10BrFN2/c1-8-2-3-10(5-12(8)14)16-11-4-9(13)6-15-7-11/h2-7,16H,1H3. The molecule has 0 amide bonds. The molecule has 0 fully saturated rings. The molecule has 0 spiro atoms. The third-order valence-electron chi connectivity index (χ3n) is 2.17. The third-order valence-corrected chi connectivity index (χ3v) is 2.60. The van der Waals surface area contributed by atoms with Crippen molar-refractivity contribution in [2.75, 3.05) is 5.32 Å². The van der Waals surface area contributed by atoms with Crippen LogP contribution in [-0.2, 0) is 0 Å². The summed E-state index contributed by atoms with van der Waals surface area (Å²) in [5.41, 5.74) is 2.17.